The number of para-hydroxylation sites is 1. The number of hydrogen-bond donors (Lipinski definition) is 2. The number of hydrogen-bond acceptors (Lipinski definition) is 6. The lowest BCUT2D eigenvalue weighted by molar-refractivity contribution is 0.102. The van der Waals surface area contributed by atoms with E-state index in [0.717, 1.165) is 19.4 Å². The van der Waals surface area contributed by atoms with Gasteiger partial charge in [0.1, 0.15) is 5.75 Å². The Bertz CT molecular complexity index is 635. The minimum absolute atomic E-state index is 0.0782. The topological polar surface area (TPSA) is 89.3 Å². The Morgan fingerprint density at radius 3 is 3.05 bits per heavy atom. The van der Waals surface area contributed by atoms with Crippen molar-refractivity contribution in [3.05, 3.63) is 35.7 Å². The van der Waals surface area contributed by atoms with Crippen LogP contribution in [-0.2, 0) is 0 Å². The van der Waals surface area contributed by atoms with Crippen molar-refractivity contribution in [1.82, 2.24) is 15.5 Å². The van der Waals surface area contributed by atoms with Crippen molar-refractivity contribution in [1.29, 1.82) is 0 Å². The van der Waals surface area contributed by atoms with Crippen LogP contribution in [0.1, 0.15) is 35.1 Å². The van der Waals surface area contributed by atoms with Crippen LogP contribution in [0, 0.1) is 0 Å². The van der Waals surface area contributed by atoms with E-state index >= 15 is 0 Å². The minimum atomic E-state index is -0.345. The van der Waals surface area contributed by atoms with Gasteiger partial charge in [0.25, 0.3) is 5.91 Å². The summed E-state index contributed by atoms with van der Waals surface area (Å²) < 4.78 is 10.6. The number of carbonyl (C=O) groups excluding carboxylic acids is 1. The summed E-state index contributed by atoms with van der Waals surface area (Å²) in [5.41, 5.74) is 0.416. The lowest BCUT2D eigenvalue weighted by atomic mass is 10.2. The molecule has 0 radical (unpaired) electrons. The number of ether oxygens (including phenoxy) is 1. The molecule has 7 heteroatoms. The molecule has 0 spiro atoms. The SMILES string of the molecule is COc1ccccc1C(=O)Nc1nnc(C2CCCN2)o1. The van der Waals surface area contributed by atoms with Crippen LogP contribution in [0.5, 0.6) is 5.75 Å². The molecule has 1 aromatic heterocycles. The van der Waals surface area contributed by atoms with E-state index in [4.69, 9.17) is 9.15 Å². The third-order valence-corrected chi connectivity index (χ3v) is 3.37. The average molecular weight is 288 g/mol. The van der Waals surface area contributed by atoms with Gasteiger partial charge in [-0.15, -0.1) is 5.10 Å². The Morgan fingerprint density at radius 1 is 1.43 bits per heavy atom. The van der Waals surface area contributed by atoms with Crippen LogP contribution < -0.4 is 15.4 Å². The molecule has 1 aliphatic heterocycles. The highest BCUT2D eigenvalue weighted by Gasteiger charge is 2.23. The van der Waals surface area contributed by atoms with Gasteiger partial charge in [0.05, 0.1) is 18.7 Å². The summed E-state index contributed by atoms with van der Waals surface area (Å²) >= 11 is 0. The molecule has 1 amide bonds. The molecule has 0 aliphatic carbocycles. The second-order valence-electron chi connectivity index (χ2n) is 4.75. The molecule has 1 unspecified atom stereocenters. The summed E-state index contributed by atoms with van der Waals surface area (Å²) in [6.07, 6.45) is 2.04. The Balaban J connectivity index is 1.72. The van der Waals surface area contributed by atoms with Gasteiger partial charge in [-0.25, -0.2) is 0 Å². The van der Waals surface area contributed by atoms with E-state index in [0.29, 0.717) is 17.2 Å². The van der Waals surface area contributed by atoms with Gasteiger partial charge >= 0.3 is 6.01 Å². The fourth-order valence-corrected chi connectivity index (χ4v) is 2.32. The van der Waals surface area contributed by atoms with Gasteiger partial charge in [0.2, 0.25) is 5.89 Å². The first-order chi connectivity index (χ1) is 10.3. The maximum absolute atomic E-state index is 12.2. The van der Waals surface area contributed by atoms with Crippen LogP contribution in [-0.4, -0.2) is 29.8 Å². The molecule has 2 heterocycles. The van der Waals surface area contributed by atoms with E-state index in [2.05, 4.69) is 20.8 Å². The summed E-state index contributed by atoms with van der Waals surface area (Å²) in [7, 11) is 1.52. The quantitative estimate of drug-likeness (QED) is 0.891. The van der Waals surface area contributed by atoms with Crippen molar-refractivity contribution in [2.45, 2.75) is 18.9 Å². The predicted octanol–water partition coefficient (Wildman–Crippen LogP) is 1.75. The molecule has 1 saturated heterocycles. The van der Waals surface area contributed by atoms with E-state index in [1.165, 1.54) is 7.11 Å². The van der Waals surface area contributed by atoms with E-state index in [1.54, 1.807) is 24.3 Å². The van der Waals surface area contributed by atoms with Gasteiger partial charge in [-0.3, -0.25) is 10.1 Å². The standard InChI is InChI=1S/C14H16N4O3/c1-20-11-7-3-2-5-9(11)12(19)16-14-18-17-13(21-14)10-6-4-8-15-10/h2-3,5,7,10,15H,4,6,8H2,1H3,(H,16,18,19). The zero-order valence-corrected chi connectivity index (χ0v) is 11.6. The summed E-state index contributed by atoms with van der Waals surface area (Å²) in [4.78, 5) is 12.2. The number of carbonyl (C=O) groups is 1. The molecule has 0 bridgehead atoms. The van der Waals surface area contributed by atoms with Gasteiger partial charge in [-0.05, 0) is 31.5 Å². The van der Waals surface area contributed by atoms with Crippen molar-refractivity contribution < 1.29 is 13.9 Å². The summed E-state index contributed by atoms with van der Waals surface area (Å²) in [5.74, 6) is 0.650. The smallest absolute Gasteiger partial charge is 0.322 e. The Kier molecular flexibility index (Phi) is 3.83. The number of benzene rings is 1. The number of methoxy groups -OCH3 is 1. The van der Waals surface area contributed by atoms with Gasteiger partial charge in [0.15, 0.2) is 0 Å². The Labute approximate surface area is 121 Å². The second kappa shape index (κ2) is 5.92. The largest absolute Gasteiger partial charge is 0.496 e. The van der Waals surface area contributed by atoms with E-state index in [-0.39, 0.29) is 18.0 Å². The monoisotopic (exact) mass is 288 g/mol. The molecule has 1 aliphatic rings. The van der Waals surface area contributed by atoms with Crippen LogP contribution in [0.4, 0.5) is 6.01 Å². The molecular weight excluding hydrogens is 272 g/mol. The van der Waals surface area contributed by atoms with Crippen molar-refractivity contribution in [3.63, 3.8) is 0 Å². The highest BCUT2D eigenvalue weighted by atomic mass is 16.5. The fraction of sp³-hybridized carbons (Fsp3) is 0.357. The molecule has 2 aromatic rings. The van der Waals surface area contributed by atoms with Gasteiger partial charge in [0, 0.05) is 0 Å². The van der Waals surface area contributed by atoms with Crippen LogP contribution in [0.15, 0.2) is 28.7 Å². The Hall–Kier alpha value is -2.41. The molecule has 7 nitrogen and oxygen atoms in total. The van der Waals surface area contributed by atoms with Crippen molar-refractivity contribution in [2.24, 2.45) is 0 Å². The molecule has 21 heavy (non-hydrogen) atoms. The molecule has 1 fully saturated rings. The third-order valence-electron chi connectivity index (χ3n) is 3.37. The molecule has 3 rings (SSSR count). The number of aromatic nitrogens is 2. The number of anilines is 1. The average Bonchev–Trinajstić information content (AvgIpc) is 3.17. The molecule has 110 valence electrons. The third kappa shape index (κ3) is 2.87. The molecule has 1 aromatic carbocycles. The number of nitrogens with one attached hydrogen (secondary N) is 2. The van der Waals surface area contributed by atoms with Crippen molar-refractivity contribution >= 4 is 11.9 Å². The normalized spacial score (nSPS) is 17.7. The summed E-state index contributed by atoms with van der Waals surface area (Å²) in [5, 5.41) is 13.7. The van der Waals surface area contributed by atoms with Crippen LogP contribution >= 0.6 is 0 Å². The van der Waals surface area contributed by atoms with Crippen molar-refractivity contribution in [2.75, 3.05) is 19.0 Å². The summed E-state index contributed by atoms with van der Waals surface area (Å²) in [6, 6.07) is 7.12. The van der Waals surface area contributed by atoms with Gasteiger partial charge in [-0.2, -0.15) is 0 Å². The molecule has 2 N–H and O–H groups in total. The van der Waals surface area contributed by atoms with Gasteiger partial charge < -0.3 is 14.5 Å². The second-order valence-corrected chi connectivity index (χ2v) is 4.75. The maximum atomic E-state index is 12.2. The van der Waals surface area contributed by atoms with E-state index in [1.807, 2.05) is 0 Å². The van der Waals surface area contributed by atoms with E-state index < -0.39 is 0 Å². The van der Waals surface area contributed by atoms with E-state index in [9.17, 15) is 4.79 Å². The Morgan fingerprint density at radius 2 is 2.29 bits per heavy atom. The highest BCUT2D eigenvalue weighted by Crippen LogP contribution is 2.23. The number of amides is 1. The summed E-state index contributed by atoms with van der Waals surface area (Å²) in [6.45, 7) is 0.940. The first kappa shape index (κ1) is 13.6. The first-order valence-corrected chi connectivity index (χ1v) is 6.79. The van der Waals surface area contributed by atoms with Gasteiger partial charge in [-0.1, -0.05) is 17.2 Å². The van der Waals surface area contributed by atoms with Crippen LogP contribution in [0.3, 0.4) is 0 Å². The maximum Gasteiger partial charge on any atom is 0.322 e. The zero-order chi connectivity index (χ0) is 14.7. The number of nitrogens with zero attached hydrogens (tertiary/aromatic N) is 2. The zero-order valence-electron chi connectivity index (χ0n) is 11.6. The first-order valence-electron chi connectivity index (χ1n) is 6.79. The van der Waals surface area contributed by atoms with Crippen molar-refractivity contribution in [3.8, 4) is 5.75 Å². The highest BCUT2D eigenvalue weighted by molar-refractivity contribution is 6.05. The lowest BCUT2D eigenvalue weighted by Gasteiger charge is -2.06. The molecular formula is C14H16N4O3. The molecule has 1 atom stereocenters. The minimum Gasteiger partial charge on any atom is -0.496 e. The van der Waals surface area contributed by atoms with Crippen LogP contribution in [0.2, 0.25) is 0 Å². The number of rotatable bonds is 4. The molecule has 0 saturated carbocycles. The van der Waals surface area contributed by atoms with Crippen LogP contribution in [0.25, 0.3) is 0 Å². The predicted molar refractivity (Wildman–Crippen MR) is 75.2 cm³/mol. The fourth-order valence-electron chi connectivity index (χ4n) is 2.32. The lowest BCUT2D eigenvalue weighted by Crippen LogP contribution is -2.13.